The van der Waals surface area contributed by atoms with Crippen molar-refractivity contribution in [3.63, 3.8) is 0 Å². The Balaban J connectivity index is 2.23. The van der Waals surface area contributed by atoms with E-state index in [4.69, 9.17) is 4.74 Å². The van der Waals surface area contributed by atoms with Gasteiger partial charge in [-0.15, -0.1) is 0 Å². The minimum atomic E-state index is -0.295. The number of hydrogen-bond acceptors (Lipinski definition) is 2. The summed E-state index contributed by atoms with van der Waals surface area (Å²) in [4.78, 5) is 14.8. The lowest BCUT2D eigenvalue weighted by molar-refractivity contribution is -0.136. The predicted molar refractivity (Wildman–Crippen MR) is 103 cm³/mol. The molecule has 134 valence electrons. The lowest BCUT2D eigenvalue weighted by atomic mass is 10.0. The molecular weight excluding hydrogens is 310 g/mol. The molecule has 1 atom stereocenters. The van der Waals surface area contributed by atoms with E-state index in [0.717, 1.165) is 11.3 Å². The molecule has 2 rings (SSSR count). The molecule has 3 heteroatoms. The summed E-state index contributed by atoms with van der Waals surface area (Å²) < 4.78 is 6.19. The van der Waals surface area contributed by atoms with Crippen LogP contribution in [0.3, 0.4) is 0 Å². The maximum Gasteiger partial charge on any atom is 0.227 e. The second-order valence-electron chi connectivity index (χ2n) is 7.02. The van der Waals surface area contributed by atoms with E-state index >= 15 is 0 Å². The number of nitrogens with zero attached hydrogens (tertiary/aromatic N) is 1. The van der Waals surface area contributed by atoms with Gasteiger partial charge < -0.3 is 9.64 Å². The molecule has 0 saturated heterocycles. The molecule has 0 saturated carbocycles. The molecule has 0 heterocycles. The number of carbonyl (C=O) groups excluding carboxylic acids is 1. The standard InChI is InChI=1S/C22H29NO2/c1-16(2)23(17(3)4)22(24)15-21(19-9-7-6-8-10-19)25-20-13-11-18(5)12-14-20/h6-14,16-17,21H,15H2,1-5H3. The van der Waals surface area contributed by atoms with E-state index in [2.05, 4.69) is 27.7 Å². The second-order valence-corrected chi connectivity index (χ2v) is 7.02. The Hall–Kier alpha value is -2.29. The van der Waals surface area contributed by atoms with E-state index in [1.165, 1.54) is 5.56 Å². The summed E-state index contributed by atoms with van der Waals surface area (Å²) in [6, 6.07) is 18.3. The molecule has 0 N–H and O–H groups in total. The van der Waals surface area contributed by atoms with Crippen LogP contribution in [-0.2, 0) is 4.79 Å². The molecule has 0 aliphatic heterocycles. The number of amides is 1. The van der Waals surface area contributed by atoms with Gasteiger partial charge >= 0.3 is 0 Å². The van der Waals surface area contributed by atoms with Crippen molar-refractivity contribution >= 4 is 5.91 Å². The highest BCUT2D eigenvalue weighted by molar-refractivity contribution is 5.77. The molecule has 0 aliphatic carbocycles. The van der Waals surface area contributed by atoms with Gasteiger partial charge in [0, 0.05) is 12.1 Å². The smallest absolute Gasteiger partial charge is 0.227 e. The first-order valence-corrected chi connectivity index (χ1v) is 8.98. The number of rotatable bonds is 7. The average molecular weight is 339 g/mol. The highest BCUT2D eigenvalue weighted by atomic mass is 16.5. The van der Waals surface area contributed by atoms with Gasteiger partial charge in [0.15, 0.2) is 0 Å². The molecule has 0 radical (unpaired) electrons. The fraction of sp³-hybridized carbons (Fsp3) is 0.409. The Bertz CT molecular complexity index is 654. The zero-order chi connectivity index (χ0) is 18.4. The van der Waals surface area contributed by atoms with Crippen LogP contribution in [0.1, 0.15) is 51.3 Å². The van der Waals surface area contributed by atoms with Gasteiger partial charge in [0.05, 0.1) is 6.42 Å². The van der Waals surface area contributed by atoms with Gasteiger partial charge in [-0.25, -0.2) is 0 Å². The summed E-state index contributed by atoms with van der Waals surface area (Å²) in [6.07, 6.45) is 0.0326. The van der Waals surface area contributed by atoms with Crippen molar-refractivity contribution < 1.29 is 9.53 Å². The number of aryl methyl sites for hydroxylation is 1. The summed E-state index contributed by atoms with van der Waals surface area (Å²) in [7, 11) is 0. The Morgan fingerprint density at radius 1 is 0.920 bits per heavy atom. The van der Waals surface area contributed by atoms with Crippen molar-refractivity contribution in [1.82, 2.24) is 4.90 Å². The molecule has 2 aromatic rings. The molecule has 0 aliphatic rings. The predicted octanol–water partition coefficient (Wildman–Crippen LogP) is 5.15. The highest BCUT2D eigenvalue weighted by Gasteiger charge is 2.25. The Morgan fingerprint density at radius 2 is 1.48 bits per heavy atom. The van der Waals surface area contributed by atoms with E-state index < -0.39 is 0 Å². The number of benzene rings is 2. The van der Waals surface area contributed by atoms with Gasteiger partial charge in [-0.05, 0) is 52.3 Å². The molecule has 1 amide bonds. The first kappa shape index (κ1) is 19.0. The largest absolute Gasteiger partial charge is 0.485 e. The lowest BCUT2D eigenvalue weighted by Gasteiger charge is -2.32. The maximum absolute atomic E-state index is 12.9. The molecule has 1 unspecified atom stereocenters. The summed E-state index contributed by atoms with van der Waals surface area (Å²) >= 11 is 0. The maximum atomic E-state index is 12.9. The quantitative estimate of drug-likeness (QED) is 0.698. The van der Waals surface area contributed by atoms with E-state index in [0.29, 0.717) is 6.42 Å². The van der Waals surface area contributed by atoms with Crippen LogP contribution < -0.4 is 4.74 Å². The SMILES string of the molecule is Cc1ccc(OC(CC(=O)N(C(C)C)C(C)C)c2ccccc2)cc1. The fourth-order valence-electron chi connectivity index (χ4n) is 3.11. The molecule has 3 nitrogen and oxygen atoms in total. The van der Waals surface area contributed by atoms with Crippen molar-refractivity contribution in [1.29, 1.82) is 0 Å². The molecular formula is C22H29NO2. The van der Waals surface area contributed by atoms with E-state index in [1.807, 2.05) is 66.4 Å². The normalized spacial score (nSPS) is 12.3. The minimum absolute atomic E-state index is 0.117. The van der Waals surface area contributed by atoms with Crippen LogP contribution in [-0.4, -0.2) is 22.9 Å². The molecule has 0 spiro atoms. The van der Waals surface area contributed by atoms with Crippen LogP contribution in [0.5, 0.6) is 5.75 Å². The fourth-order valence-corrected chi connectivity index (χ4v) is 3.11. The minimum Gasteiger partial charge on any atom is -0.485 e. The Labute approximate surface area is 151 Å². The number of hydrogen-bond donors (Lipinski definition) is 0. The van der Waals surface area contributed by atoms with Gasteiger partial charge in [0.25, 0.3) is 0 Å². The third kappa shape index (κ3) is 5.35. The van der Waals surface area contributed by atoms with Gasteiger partial charge in [0.1, 0.15) is 11.9 Å². The molecule has 0 fully saturated rings. The van der Waals surface area contributed by atoms with E-state index in [9.17, 15) is 4.79 Å². The van der Waals surface area contributed by atoms with Crippen molar-refractivity contribution in [2.24, 2.45) is 0 Å². The Morgan fingerprint density at radius 3 is 2.00 bits per heavy atom. The van der Waals surface area contributed by atoms with Crippen LogP contribution in [0.25, 0.3) is 0 Å². The Kier molecular flexibility index (Phi) is 6.63. The average Bonchev–Trinajstić information content (AvgIpc) is 2.56. The summed E-state index contributed by atoms with van der Waals surface area (Å²) in [5, 5.41) is 0. The van der Waals surface area contributed by atoms with Crippen molar-refractivity contribution in [2.45, 2.75) is 59.2 Å². The lowest BCUT2D eigenvalue weighted by Crippen LogP contribution is -2.42. The zero-order valence-corrected chi connectivity index (χ0v) is 15.9. The molecule has 25 heavy (non-hydrogen) atoms. The second kappa shape index (κ2) is 8.70. The van der Waals surface area contributed by atoms with Gasteiger partial charge in [-0.1, -0.05) is 48.0 Å². The zero-order valence-electron chi connectivity index (χ0n) is 15.9. The number of carbonyl (C=O) groups is 1. The first-order chi connectivity index (χ1) is 11.9. The van der Waals surface area contributed by atoms with Gasteiger partial charge in [-0.2, -0.15) is 0 Å². The van der Waals surface area contributed by atoms with Gasteiger partial charge in [0.2, 0.25) is 5.91 Å². The first-order valence-electron chi connectivity index (χ1n) is 8.98. The summed E-state index contributed by atoms with van der Waals surface area (Å²) in [5.41, 5.74) is 2.20. The molecule has 0 bridgehead atoms. The van der Waals surface area contributed by atoms with Crippen LogP contribution in [0.15, 0.2) is 54.6 Å². The third-order valence-corrected chi connectivity index (χ3v) is 4.23. The van der Waals surface area contributed by atoms with Crippen molar-refractivity contribution in [3.8, 4) is 5.75 Å². The summed E-state index contributed by atoms with van der Waals surface area (Å²) in [6.45, 7) is 10.3. The third-order valence-electron chi connectivity index (χ3n) is 4.23. The number of ether oxygens (including phenoxy) is 1. The topological polar surface area (TPSA) is 29.5 Å². The van der Waals surface area contributed by atoms with Crippen molar-refractivity contribution in [2.75, 3.05) is 0 Å². The van der Waals surface area contributed by atoms with Gasteiger partial charge in [-0.3, -0.25) is 4.79 Å². The highest BCUT2D eigenvalue weighted by Crippen LogP contribution is 2.26. The molecule has 0 aromatic heterocycles. The van der Waals surface area contributed by atoms with E-state index in [1.54, 1.807) is 0 Å². The van der Waals surface area contributed by atoms with E-state index in [-0.39, 0.29) is 24.1 Å². The van der Waals surface area contributed by atoms with Crippen LogP contribution in [0.4, 0.5) is 0 Å². The van der Waals surface area contributed by atoms with Crippen LogP contribution in [0, 0.1) is 6.92 Å². The van der Waals surface area contributed by atoms with Crippen molar-refractivity contribution in [3.05, 3.63) is 65.7 Å². The molecule has 2 aromatic carbocycles. The van der Waals surface area contributed by atoms with Crippen LogP contribution >= 0.6 is 0 Å². The monoisotopic (exact) mass is 339 g/mol. The summed E-state index contributed by atoms with van der Waals surface area (Å²) in [5.74, 6) is 0.902. The van der Waals surface area contributed by atoms with Crippen LogP contribution in [0.2, 0.25) is 0 Å².